The highest BCUT2D eigenvalue weighted by molar-refractivity contribution is 9.10. The Morgan fingerprint density at radius 3 is 2.79 bits per heavy atom. The molecule has 0 bridgehead atoms. The normalized spacial score (nSPS) is 11.2. The summed E-state index contributed by atoms with van der Waals surface area (Å²) in [5.41, 5.74) is 4.30. The first-order chi connectivity index (χ1) is 11.8. The van der Waals surface area contributed by atoms with E-state index in [1.807, 2.05) is 48.7 Å². The second kappa shape index (κ2) is 6.63. The molecule has 4 nitrogen and oxygen atoms in total. The molecule has 4 rings (SSSR count). The molecule has 0 radical (unpaired) electrons. The molecule has 0 aliphatic rings. The van der Waals surface area contributed by atoms with E-state index in [1.165, 1.54) is 10.9 Å². The summed E-state index contributed by atoms with van der Waals surface area (Å²) in [6.45, 7) is 1.40. The van der Waals surface area contributed by atoms with Crippen molar-refractivity contribution in [3.63, 3.8) is 0 Å². The zero-order valence-electron chi connectivity index (χ0n) is 12.9. The van der Waals surface area contributed by atoms with Crippen LogP contribution in [0.4, 0.5) is 0 Å². The van der Waals surface area contributed by atoms with Gasteiger partial charge in [0.05, 0.1) is 6.54 Å². The first kappa shape index (κ1) is 15.2. The van der Waals surface area contributed by atoms with Crippen LogP contribution in [0.1, 0.15) is 11.3 Å². The number of aromatic amines is 1. The van der Waals surface area contributed by atoms with Crippen LogP contribution in [0.5, 0.6) is 0 Å². The lowest BCUT2D eigenvalue weighted by Crippen LogP contribution is -2.11. The average Bonchev–Trinajstić information content (AvgIpc) is 3.23. The van der Waals surface area contributed by atoms with Crippen molar-refractivity contribution in [3.8, 4) is 11.3 Å². The third kappa shape index (κ3) is 3.13. The third-order valence-corrected chi connectivity index (χ3v) is 4.47. The molecule has 0 saturated carbocycles. The number of fused-ring (bicyclic) bond motifs is 1. The zero-order chi connectivity index (χ0) is 16.4. The number of halogens is 1. The Labute approximate surface area is 148 Å². The minimum Gasteiger partial charge on any atom is -0.361 e. The minimum absolute atomic E-state index is 0.639. The maximum atomic E-state index is 5.42. The van der Waals surface area contributed by atoms with Gasteiger partial charge in [-0.1, -0.05) is 51.4 Å². The van der Waals surface area contributed by atoms with Crippen molar-refractivity contribution in [2.75, 3.05) is 0 Å². The van der Waals surface area contributed by atoms with Gasteiger partial charge in [-0.25, -0.2) is 0 Å². The molecule has 24 heavy (non-hydrogen) atoms. The van der Waals surface area contributed by atoms with Crippen LogP contribution in [0.15, 0.2) is 69.8 Å². The summed E-state index contributed by atoms with van der Waals surface area (Å²) in [5.74, 6) is 0.829. The van der Waals surface area contributed by atoms with E-state index >= 15 is 0 Å². The smallest absolute Gasteiger partial charge is 0.151 e. The molecule has 0 atom stereocenters. The second-order valence-electron chi connectivity index (χ2n) is 5.65. The van der Waals surface area contributed by atoms with E-state index in [9.17, 15) is 0 Å². The molecule has 2 aromatic carbocycles. The van der Waals surface area contributed by atoms with Crippen LogP contribution in [-0.2, 0) is 13.1 Å². The number of rotatable bonds is 5. The highest BCUT2D eigenvalue weighted by Crippen LogP contribution is 2.23. The molecular formula is C19H16BrN3O. The quantitative estimate of drug-likeness (QED) is 0.518. The predicted molar refractivity (Wildman–Crippen MR) is 98.5 cm³/mol. The molecule has 0 spiro atoms. The number of benzene rings is 2. The predicted octanol–water partition coefficient (Wildman–Crippen LogP) is 4.88. The molecule has 2 aromatic heterocycles. The lowest BCUT2D eigenvalue weighted by Gasteiger charge is -2.01. The number of hydrogen-bond acceptors (Lipinski definition) is 3. The highest BCUT2D eigenvalue weighted by Gasteiger charge is 2.07. The molecule has 120 valence electrons. The van der Waals surface area contributed by atoms with Crippen molar-refractivity contribution < 1.29 is 4.52 Å². The zero-order valence-corrected chi connectivity index (χ0v) is 14.5. The van der Waals surface area contributed by atoms with E-state index in [0.29, 0.717) is 6.54 Å². The molecular weight excluding hydrogens is 366 g/mol. The van der Waals surface area contributed by atoms with Crippen molar-refractivity contribution >= 4 is 26.8 Å². The molecule has 0 amide bonds. The summed E-state index contributed by atoms with van der Waals surface area (Å²) in [7, 11) is 0. The molecule has 2 N–H and O–H groups in total. The van der Waals surface area contributed by atoms with Crippen LogP contribution in [-0.4, -0.2) is 10.1 Å². The molecule has 0 fully saturated rings. The number of hydrogen-bond donors (Lipinski definition) is 2. The fourth-order valence-electron chi connectivity index (χ4n) is 2.76. The Balaban J connectivity index is 1.42. The van der Waals surface area contributed by atoms with Crippen LogP contribution in [0.2, 0.25) is 0 Å². The van der Waals surface area contributed by atoms with Gasteiger partial charge in [-0.15, -0.1) is 0 Å². The summed E-state index contributed by atoms with van der Waals surface area (Å²) in [6, 6.07) is 18.3. The van der Waals surface area contributed by atoms with Gasteiger partial charge >= 0.3 is 0 Å². The third-order valence-electron chi connectivity index (χ3n) is 3.97. The Bertz CT molecular complexity index is 959. The van der Waals surface area contributed by atoms with Crippen LogP contribution in [0.25, 0.3) is 22.2 Å². The monoisotopic (exact) mass is 381 g/mol. The molecule has 0 saturated heterocycles. The summed E-state index contributed by atoms with van der Waals surface area (Å²) in [5, 5.41) is 8.77. The first-order valence-electron chi connectivity index (χ1n) is 7.77. The lowest BCUT2D eigenvalue weighted by molar-refractivity contribution is 0.374. The molecule has 2 heterocycles. The van der Waals surface area contributed by atoms with Gasteiger partial charge in [0, 0.05) is 39.7 Å². The summed E-state index contributed by atoms with van der Waals surface area (Å²) >= 11 is 3.52. The maximum absolute atomic E-state index is 5.42. The van der Waals surface area contributed by atoms with Crippen molar-refractivity contribution in [1.29, 1.82) is 0 Å². The number of H-pyrrole nitrogens is 1. The molecule has 0 aliphatic heterocycles. The number of nitrogens with one attached hydrogen (secondary N) is 2. The maximum Gasteiger partial charge on any atom is 0.151 e. The molecule has 5 heteroatoms. The van der Waals surface area contributed by atoms with Crippen LogP contribution in [0, 0.1) is 0 Å². The molecule has 4 aromatic rings. The molecule has 0 aliphatic carbocycles. The largest absolute Gasteiger partial charge is 0.361 e. The summed E-state index contributed by atoms with van der Waals surface area (Å²) < 4.78 is 6.50. The van der Waals surface area contributed by atoms with Gasteiger partial charge in [0.25, 0.3) is 0 Å². The van der Waals surface area contributed by atoms with Crippen molar-refractivity contribution in [2.24, 2.45) is 0 Å². The SMILES string of the molecule is Brc1ccc2[nH]cc(CNCc3cc(-c4ccccc4)no3)c2c1. The van der Waals surface area contributed by atoms with Gasteiger partial charge in [0.1, 0.15) is 5.69 Å². The fraction of sp³-hybridized carbons (Fsp3) is 0.105. The van der Waals surface area contributed by atoms with Gasteiger partial charge in [0.2, 0.25) is 0 Å². The fourth-order valence-corrected chi connectivity index (χ4v) is 3.12. The van der Waals surface area contributed by atoms with E-state index in [0.717, 1.165) is 33.6 Å². The Kier molecular flexibility index (Phi) is 4.19. The lowest BCUT2D eigenvalue weighted by atomic mass is 10.1. The summed E-state index contributed by atoms with van der Waals surface area (Å²) in [4.78, 5) is 3.29. The van der Waals surface area contributed by atoms with Gasteiger partial charge in [-0.3, -0.25) is 0 Å². The van der Waals surface area contributed by atoms with Crippen LogP contribution < -0.4 is 5.32 Å². The van der Waals surface area contributed by atoms with E-state index < -0.39 is 0 Å². The van der Waals surface area contributed by atoms with Crippen LogP contribution >= 0.6 is 15.9 Å². The van der Waals surface area contributed by atoms with Crippen LogP contribution in [0.3, 0.4) is 0 Å². The second-order valence-corrected chi connectivity index (χ2v) is 6.57. The Morgan fingerprint density at radius 1 is 1.04 bits per heavy atom. The van der Waals surface area contributed by atoms with E-state index in [2.05, 4.69) is 43.5 Å². The Hall–Kier alpha value is -2.37. The average molecular weight is 382 g/mol. The van der Waals surface area contributed by atoms with Crippen molar-refractivity contribution in [3.05, 3.63) is 76.6 Å². The number of nitrogens with zero attached hydrogens (tertiary/aromatic N) is 1. The highest BCUT2D eigenvalue weighted by atomic mass is 79.9. The standard InChI is InChI=1S/C19H16BrN3O/c20-15-6-7-18-17(8-15)14(11-22-18)10-21-12-16-9-19(23-24-16)13-4-2-1-3-5-13/h1-9,11,21-22H,10,12H2. The summed E-state index contributed by atoms with van der Waals surface area (Å²) in [6.07, 6.45) is 2.04. The first-order valence-corrected chi connectivity index (χ1v) is 8.56. The van der Waals surface area contributed by atoms with E-state index in [1.54, 1.807) is 0 Å². The van der Waals surface area contributed by atoms with Gasteiger partial charge in [-0.2, -0.15) is 0 Å². The Morgan fingerprint density at radius 2 is 1.92 bits per heavy atom. The molecule has 0 unspecified atom stereocenters. The minimum atomic E-state index is 0.639. The van der Waals surface area contributed by atoms with Crippen molar-refractivity contribution in [2.45, 2.75) is 13.1 Å². The van der Waals surface area contributed by atoms with Gasteiger partial charge < -0.3 is 14.8 Å². The van der Waals surface area contributed by atoms with Gasteiger partial charge in [0.15, 0.2) is 5.76 Å². The van der Waals surface area contributed by atoms with Crippen molar-refractivity contribution in [1.82, 2.24) is 15.5 Å². The van der Waals surface area contributed by atoms with E-state index in [4.69, 9.17) is 4.52 Å². The topological polar surface area (TPSA) is 53.9 Å². The number of aromatic nitrogens is 2. The van der Waals surface area contributed by atoms with E-state index in [-0.39, 0.29) is 0 Å². The van der Waals surface area contributed by atoms with Gasteiger partial charge in [-0.05, 0) is 23.8 Å².